The van der Waals surface area contributed by atoms with Gasteiger partial charge < -0.3 is 10.2 Å². The summed E-state index contributed by atoms with van der Waals surface area (Å²) in [5.74, 6) is -0.202. The number of likely N-dealkylation sites (N-methyl/N-ethyl adjacent to an activating group) is 1. The van der Waals surface area contributed by atoms with E-state index in [4.69, 9.17) is 0 Å². The summed E-state index contributed by atoms with van der Waals surface area (Å²) in [4.78, 5) is 14.6. The second-order valence-electron chi connectivity index (χ2n) is 8.64. The van der Waals surface area contributed by atoms with E-state index in [0.717, 1.165) is 31.4 Å². The van der Waals surface area contributed by atoms with Crippen LogP contribution in [0.4, 0.5) is 13.2 Å². The number of hydrogen-bond donors (Lipinski definition) is 1. The van der Waals surface area contributed by atoms with E-state index < -0.39 is 21.8 Å². The van der Waals surface area contributed by atoms with Crippen LogP contribution in [0.2, 0.25) is 0 Å². The van der Waals surface area contributed by atoms with Crippen LogP contribution < -0.4 is 5.32 Å². The van der Waals surface area contributed by atoms with Gasteiger partial charge in [0.25, 0.3) is 0 Å². The van der Waals surface area contributed by atoms with Crippen molar-refractivity contribution >= 4 is 15.8 Å². The highest BCUT2D eigenvalue weighted by Gasteiger charge is 2.30. The molecule has 1 aliphatic rings. The zero-order chi connectivity index (χ0) is 24.9. The van der Waals surface area contributed by atoms with Crippen LogP contribution in [0.25, 0.3) is 0 Å². The molecule has 6 nitrogen and oxygen atoms in total. The molecule has 3 rings (SSSR count). The van der Waals surface area contributed by atoms with Crippen molar-refractivity contribution in [3.63, 3.8) is 0 Å². The maximum absolute atomic E-state index is 12.8. The summed E-state index contributed by atoms with van der Waals surface area (Å²) in [7, 11) is 0.0709. The molecule has 0 aliphatic carbocycles. The topological polar surface area (TPSA) is 69.7 Å². The van der Waals surface area contributed by atoms with Gasteiger partial charge in [-0.2, -0.15) is 17.5 Å². The number of benzene rings is 2. The first-order valence-corrected chi connectivity index (χ1v) is 12.6. The molecule has 1 fully saturated rings. The third kappa shape index (κ3) is 6.44. The number of Topliss-reactive ketones (excluding diaryl/α,β-unsaturated/α-hetero) is 1. The lowest BCUT2D eigenvalue weighted by Crippen LogP contribution is -2.35. The van der Waals surface area contributed by atoms with Crippen LogP contribution in [-0.2, 0) is 16.2 Å². The second kappa shape index (κ2) is 11.0. The molecule has 2 aromatic rings. The van der Waals surface area contributed by atoms with Crippen LogP contribution in [-0.4, -0.2) is 63.7 Å². The summed E-state index contributed by atoms with van der Waals surface area (Å²) >= 11 is 0. The van der Waals surface area contributed by atoms with Gasteiger partial charge in [-0.25, -0.2) is 8.42 Å². The molecule has 0 spiro atoms. The van der Waals surface area contributed by atoms with E-state index in [1.165, 1.54) is 40.7 Å². The molecule has 10 heteroatoms. The summed E-state index contributed by atoms with van der Waals surface area (Å²) in [5.41, 5.74) is 0.383. The number of carbonyl (C=O) groups is 1. The normalized spacial score (nSPS) is 16.5. The highest BCUT2D eigenvalue weighted by molar-refractivity contribution is 7.89. The molecule has 34 heavy (non-hydrogen) atoms. The number of piperidine rings is 1. The molecule has 1 N–H and O–H groups in total. The van der Waals surface area contributed by atoms with E-state index in [1.807, 2.05) is 19.0 Å². The van der Waals surface area contributed by atoms with Gasteiger partial charge in [-0.15, -0.1) is 0 Å². The summed E-state index contributed by atoms with van der Waals surface area (Å²) in [5, 5.41) is 3.07. The number of carbonyl (C=O) groups excluding carboxylic acids is 1. The van der Waals surface area contributed by atoms with Gasteiger partial charge in [0.1, 0.15) is 0 Å². The van der Waals surface area contributed by atoms with E-state index in [0.29, 0.717) is 30.8 Å². The van der Waals surface area contributed by atoms with E-state index in [2.05, 4.69) is 5.32 Å². The number of rotatable bonds is 9. The first-order chi connectivity index (χ1) is 16.0. The molecule has 0 aromatic heterocycles. The Balaban J connectivity index is 1.59. The largest absolute Gasteiger partial charge is 0.416 e. The fourth-order valence-corrected chi connectivity index (χ4v) is 5.50. The lowest BCUT2D eigenvalue weighted by Gasteiger charge is -2.26. The van der Waals surface area contributed by atoms with E-state index >= 15 is 0 Å². The number of sulfonamides is 1. The molecule has 0 amide bonds. The molecule has 1 heterocycles. The molecule has 1 saturated heterocycles. The number of alkyl halides is 3. The van der Waals surface area contributed by atoms with Gasteiger partial charge >= 0.3 is 6.18 Å². The zero-order valence-corrected chi connectivity index (χ0v) is 20.1. The van der Waals surface area contributed by atoms with Gasteiger partial charge in [0.05, 0.1) is 17.0 Å². The molecule has 186 valence electrons. The Kier molecular flexibility index (Phi) is 8.51. The van der Waals surface area contributed by atoms with Crippen LogP contribution in [0.3, 0.4) is 0 Å². The van der Waals surface area contributed by atoms with Crippen molar-refractivity contribution in [2.45, 2.75) is 36.4 Å². The van der Waals surface area contributed by atoms with Crippen molar-refractivity contribution in [3.8, 4) is 0 Å². The molecular formula is C24H30F3N3O3S. The summed E-state index contributed by atoms with van der Waals surface area (Å²) in [6.45, 7) is 1.40. The second-order valence-corrected chi connectivity index (χ2v) is 10.6. The number of nitrogens with one attached hydrogen (secondary N) is 1. The molecule has 1 unspecified atom stereocenters. The van der Waals surface area contributed by atoms with Crippen molar-refractivity contribution in [3.05, 3.63) is 65.2 Å². The first-order valence-electron chi connectivity index (χ1n) is 11.2. The maximum Gasteiger partial charge on any atom is 0.416 e. The van der Waals surface area contributed by atoms with Crippen LogP contribution in [0, 0.1) is 0 Å². The average molecular weight is 498 g/mol. The lowest BCUT2D eigenvalue weighted by atomic mass is 10.0. The summed E-state index contributed by atoms with van der Waals surface area (Å²) in [6, 6.07) is 10.7. The van der Waals surface area contributed by atoms with Crippen LogP contribution >= 0.6 is 0 Å². The number of ketones is 1. The highest BCUT2D eigenvalue weighted by atomic mass is 32.2. The lowest BCUT2D eigenvalue weighted by molar-refractivity contribution is -0.137. The van der Waals surface area contributed by atoms with Crippen molar-refractivity contribution in [1.82, 2.24) is 14.5 Å². The van der Waals surface area contributed by atoms with E-state index in [1.54, 1.807) is 0 Å². The highest BCUT2D eigenvalue weighted by Crippen LogP contribution is 2.30. The minimum atomic E-state index is -4.39. The van der Waals surface area contributed by atoms with Crippen LogP contribution in [0.1, 0.15) is 46.8 Å². The number of hydrogen-bond acceptors (Lipinski definition) is 5. The number of nitrogens with zero attached hydrogens (tertiary/aromatic N) is 2. The van der Waals surface area contributed by atoms with Gasteiger partial charge in [0.2, 0.25) is 10.0 Å². The maximum atomic E-state index is 12.8. The molecule has 1 aliphatic heterocycles. The molecule has 0 radical (unpaired) electrons. The van der Waals surface area contributed by atoms with Crippen molar-refractivity contribution in [2.24, 2.45) is 0 Å². The first kappa shape index (κ1) is 26.3. The van der Waals surface area contributed by atoms with Gasteiger partial charge in [0.15, 0.2) is 5.78 Å². The van der Waals surface area contributed by atoms with Crippen molar-refractivity contribution in [2.75, 3.05) is 40.3 Å². The minimum Gasteiger partial charge on any atom is -0.308 e. The standard InChI is InChI=1S/C24H30F3N3O3S/c1-29(2)22(18-6-10-20(11-7-18)24(25,26)27)16-28-17-23(31)19-8-12-21(13-9-19)34(32,33)30-14-4-3-5-15-30/h6-13,22,28H,3-5,14-17H2,1-2H3. The molecular weight excluding hydrogens is 467 g/mol. The average Bonchev–Trinajstić information content (AvgIpc) is 2.81. The van der Waals surface area contributed by atoms with Gasteiger partial charge in [-0.3, -0.25) is 4.79 Å². The third-order valence-electron chi connectivity index (χ3n) is 6.00. The Morgan fingerprint density at radius 3 is 2.12 bits per heavy atom. The fourth-order valence-electron chi connectivity index (χ4n) is 3.98. The zero-order valence-electron chi connectivity index (χ0n) is 19.3. The van der Waals surface area contributed by atoms with Crippen molar-refractivity contribution in [1.29, 1.82) is 0 Å². The SMILES string of the molecule is CN(C)C(CNCC(=O)c1ccc(S(=O)(=O)N2CCCCC2)cc1)c1ccc(C(F)(F)F)cc1. The smallest absolute Gasteiger partial charge is 0.308 e. The fraction of sp³-hybridized carbons (Fsp3) is 0.458. The Labute approximate surface area is 198 Å². The minimum absolute atomic E-state index is 0.0171. The predicted molar refractivity (Wildman–Crippen MR) is 124 cm³/mol. The Bertz CT molecular complexity index is 1060. The Hall–Kier alpha value is -2.27. The van der Waals surface area contributed by atoms with E-state index in [-0.39, 0.29) is 23.3 Å². The van der Waals surface area contributed by atoms with Gasteiger partial charge in [-0.05, 0) is 56.8 Å². The van der Waals surface area contributed by atoms with Gasteiger partial charge in [0, 0.05) is 31.2 Å². The monoisotopic (exact) mass is 497 g/mol. The molecule has 1 atom stereocenters. The van der Waals surface area contributed by atoms with Crippen molar-refractivity contribution < 1.29 is 26.4 Å². The third-order valence-corrected chi connectivity index (χ3v) is 7.91. The van der Waals surface area contributed by atoms with Crippen LogP contribution in [0.5, 0.6) is 0 Å². The number of halogens is 3. The Morgan fingerprint density at radius 1 is 1.00 bits per heavy atom. The molecule has 2 aromatic carbocycles. The predicted octanol–water partition coefficient (Wildman–Crippen LogP) is 3.96. The van der Waals surface area contributed by atoms with E-state index in [9.17, 15) is 26.4 Å². The molecule has 0 saturated carbocycles. The summed E-state index contributed by atoms with van der Waals surface area (Å²) in [6.07, 6.45) is -1.66. The quantitative estimate of drug-likeness (QED) is 0.532. The Morgan fingerprint density at radius 2 is 1.59 bits per heavy atom. The van der Waals surface area contributed by atoms with Gasteiger partial charge in [-0.1, -0.05) is 30.7 Å². The summed E-state index contributed by atoms with van der Waals surface area (Å²) < 4.78 is 65.4. The van der Waals surface area contributed by atoms with Crippen LogP contribution in [0.15, 0.2) is 53.4 Å². The molecule has 0 bridgehead atoms.